The van der Waals surface area contributed by atoms with Gasteiger partial charge in [-0.2, -0.15) is 0 Å². The van der Waals surface area contributed by atoms with E-state index in [1.165, 1.54) is 0 Å². The van der Waals surface area contributed by atoms with Gasteiger partial charge in [-0.05, 0) is 41.3 Å². The number of benzene rings is 3. The van der Waals surface area contributed by atoms with Crippen molar-refractivity contribution < 1.29 is 9.59 Å². The van der Waals surface area contributed by atoms with Gasteiger partial charge in [-0.1, -0.05) is 78.3 Å². The largest absolute Gasteiger partial charge is 0.357 e. The van der Waals surface area contributed by atoms with Crippen LogP contribution in [0.15, 0.2) is 78.9 Å². The number of thioether (sulfide) groups is 1. The van der Waals surface area contributed by atoms with Gasteiger partial charge in [-0.25, -0.2) is 0 Å². The standard InChI is InChI=1S/C27H29ClN2O2S/c1-20-8-6-7-11-23(20)17-30(25(27(32)29-2)16-21-9-4-3-5-10-21)26(31)19-33-18-22-12-14-24(28)15-13-22/h3-15,25H,16-19H2,1-2H3,(H,29,32)/t25-/m1/s1. The van der Waals surface area contributed by atoms with E-state index in [9.17, 15) is 9.59 Å². The maximum atomic E-state index is 13.5. The number of nitrogens with zero attached hydrogens (tertiary/aromatic N) is 1. The molecule has 4 nitrogen and oxygen atoms in total. The lowest BCUT2D eigenvalue weighted by molar-refractivity contribution is -0.139. The van der Waals surface area contributed by atoms with Crippen LogP contribution >= 0.6 is 23.4 Å². The Bertz CT molecular complexity index is 1060. The van der Waals surface area contributed by atoms with Crippen molar-refractivity contribution in [2.75, 3.05) is 12.8 Å². The number of likely N-dealkylation sites (N-methyl/N-ethyl adjacent to an activating group) is 1. The zero-order chi connectivity index (χ0) is 23.6. The molecule has 0 saturated heterocycles. The van der Waals surface area contributed by atoms with Crippen molar-refractivity contribution in [1.82, 2.24) is 10.2 Å². The Morgan fingerprint density at radius 1 is 0.939 bits per heavy atom. The minimum Gasteiger partial charge on any atom is -0.357 e. The van der Waals surface area contributed by atoms with Crippen LogP contribution in [0.3, 0.4) is 0 Å². The van der Waals surface area contributed by atoms with Crippen LogP contribution in [0.5, 0.6) is 0 Å². The summed E-state index contributed by atoms with van der Waals surface area (Å²) in [6.07, 6.45) is 0.458. The van der Waals surface area contributed by atoms with Gasteiger partial charge in [-0.15, -0.1) is 11.8 Å². The van der Waals surface area contributed by atoms with E-state index in [0.29, 0.717) is 23.7 Å². The van der Waals surface area contributed by atoms with Gasteiger partial charge in [0.15, 0.2) is 0 Å². The third-order valence-corrected chi connectivity index (χ3v) is 6.77. The smallest absolute Gasteiger partial charge is 0.242 e. The first-order valence-electron chi connectivity index (χ1n) is 10.9. The molecule has 0 aliphatic heterocycles. The molecule has 3 aromatic carbocycles. The molecular formula is C27H29ClN2O2S. The van der Waals surface area contributed by atoms with Crippen LogP contribution in [0, 0.1) is 6.92 Å². The van der Waals surface area contributed by atoms with E-state index in [1.54, 1.807) is 23.7 Å². The number of aryl methyl sites for hydroxylation is 1. The van der Waals surface area contributed by atoms with Crippen molar-refractivity contribution >= 4 is 35.2 Å². The summed E-state index contributed by atoms with van der Waals surface area (Å²) >= 11 is 7.51. The van der Waals surface area contributed by atoms with Crippen molar-refractivity contribution in [3.05, 3.63) is 106 Å². The van der Waals surface area contributed by atoms with Gasteiger partial charge in [0.1, 0.15) is 6.04 Å². The third-order valence-electron chi connectivity index (χ3n) is 5.53. The average molecular weight is 481 g/mol. The van der Waals surface area contributed by atoms with Gasteiger partial charge in [0, 0.05) is 30.8 Å². The summed E-state index contributed by atoms with van der Waals surface area (Å²) in [4.78, 5) is 28.1. The monoisotopic (exact) mass is 480 g/mol. The Morgan fingerprint density at radius 3 is 2.27 bits per heavy atom. The molecule has 172 valence electrons. The highest BCUT2D eigenvalue weighted by Crippen LogP contribution is 2.20. The van der Waals surface area contributed by atoms with Crippen LogP contribution < -0.4 is 5.32 Å². The average Bonchev–Trinajstić information content (AvgIpc) is 2.83. The second-order valence-corrected chi connectivity index (χ2v) is 9.31. The summed E-state index contributed by atoms with van der Waals surface area (Å²) in [6.45, 7) is 2.41. The first-order chi connectivity index (χ1) is 16.0. The number of nitrogens with one attached hydrogen (secondary N) is 1. The van der Waals surface area contributed by atoms with Crippen LogP contribution in [0.2, 0.25) is 5.02 Å². The highest BCUT2D eigenvalue weighted by molar-refractivity contribution is 7.99. The number of amides is 2. The summed E-state index contributed by atoms with van der Waals surface area (Å²) in [6, 6.07) is 24.8. The molecule has 0 aliphatic rings. The molecule has 0 unspecified atom stereocenters. The lowest BCUT2D eigenvalue weighted by Gasteiger charge is -2.31. The minimum atomic E-state index is -0.597. The van der Waals surface area contributed by atoms with Crippen molar-refractivity contribution in [2.24, 2.45) is 0 Å². The van der Waals surface area contributed by atoms with Gasteiger partial charge in [0.05, 0.1) is 5.75 Å². The molecule has 1 N–H and O–H groups in total. The number of hydrogen-bond donors (Lipinski definition) is 1. The molecule has 6 heteroatoms. The van der Waals surface area contributed by atoms with Crippen LogP contribution in [-0.2, 0) is 28.3 Å². The number of rotatable bonds is 10. The van der Waals surface area contributed by atoms with E-state index in [-0.39, 0.29) is 17.6 Å². The molecule has 0 aliphatic carbocycles. The zero-order valence-corrected chi connectivity index (χ0v) is 20.5. The highest BCUT2D eigenvalue weighted by Gasteiger charge is 2.29. The van der Waals surface area contributed by atoms with E-state index in [0.717, 1.165) is 22.3 Å². The lowest BCUT2D eigenvalue weighted by Crippen LogP contribution is -2.50. The Hall–Kier alpha value is -2.76. The SMILES string of the molecule is CNC(=O)[C@@H](Cc1ccccc1)N(Cc1ccccc1C)C(=O)CSCc1ccc(Cl)cc1. The molecule has 0 fully saturated rings. The van der Waals surface area contributed by atoms with Crippen molar-refractivity contribution in [3.8, 4) is 0 Å². The zero-order valence-electron chi connectivity index (χ0n) is 19.0. The summed E-state index contributed by atoms with van der Waals surface area (Å²) in [5, 5.41) is 3.45. The fourth-order valence-electron chi connectivity index (χ4n) is 3.61. The number of carbonyl (C=O) groups excluding carboxylic acids is 2. The predicted octanol–water partition coefficient (Wildman–Crippen LogP) is 5.27. The van der Waals surface area contributed by atoms with Crippen molar-refractivity contribution in [1.29, 1.82) is 0 Å². The number of halogens is 1. The molecule has 3 rings (SSSR count). The fourth-order valence-corrected chi connectivity index (χ4v) is 4.61. The predicted molar refractivity (Wildman–Crippen MR) is 137 cm³/mol. The molecule has 3 aromatic rings. The molecule has 0 spiro atoms. The van der Waals surface area contributed by atoms with Crippen LogP contribution in [-0.4, -0.2) is 35.6 Å². The van der Waals surface area contributed by atoms with Crippen LogP contribution in [0.1, 0.15) is 22.3 Å². The normalized spacial score (nSPS) is 11.6. The van der Waals surface area contributed by atoms with E-state index in [2.05, 4.69) is 5.32 Å². The Kier molecular flexibility index (Phi) is 9.40. The van der Waals surface area contributed by atoms with Gasteiger partial charge in [-0.3, -0.25) is 9.59 Å². The minimum absolute atomic E-state index is 0.0539. The van der Waals surface area contributed by atoms with E-state index < -0.39 is 6.04 Å². The van der Waals surface area contributed by atoms with Gasteiger partial charge in [0.2, 0.25) is 11.8 Å². The lowest BCUT2D eigenvalue weighted by atomic mass is 10.0. The Labute approximate surface area is 205 Å². The summed E-state index contributed by atoms with van der Waals surface area (Å²) < 4.78 is 0. The first kappa shape index (κ1) is 24.9. The Balaban J connectivity index is 1.81. The second-order valence-electron chi connectivity index (χ2n) is 7.89. The Morgan fingerprint density at radius 2 is 1.61 bits per heavy atom. The molecule has 0 bridgehead atoms. The molecular weight excluding hydrogens is 452 g/mol. The molecule has 33 heavy (non-hydrogen) atoms. The summed E-state index contributed by atoms with van der Waals surface area (Å²) in [5.41, 5.74) is 4.26. The first-order valence-corrected chi connectivity index (χ1v) is 12.4. The number of hydrogen-bond acceptors (Lipinski definition) is 3. The van der Waals surface area contributed by atoms with Crippen LogP contribution in [0.25, 0.3) is 0 Å². The van der Waals surface area contributed by atoms with Gasteiger partial charge >= 0.3 is 0 Å². The molecule has 2 amide bonds. The van der Waals surface area contributed by atoms with E-state index in [4.69, 9.17) is 11.6 Å². The van der Waals surface area contributed by atoms with E-state index in [1.807, 2.05) is 85.8 Å². The third kappa shape index (κ3) is 7.37. The second kappa shape index (κ2) is 12.5. The summed E-state index contributed by atoms with van der Waals surface area (Å²) in [7, 11) is 1.62. The molecule has 0 saturated carbocycles. The molecule has 1 atom stereocenters. The highest BCUT2D eigenvalue weighted by atomic mass is 35.5. The quantitative estimate of drug-likeness (QED) is 0.430. The maximum Gasteiger partial charge on any atom is 0.242 e. The van der Waals surface area contributed by atoms with Crippen molar-refractivity contribution in [2.45, 2.75) is 31.7 Å². The topological polar surface area (TPSA) is 49.4 Å². The molecule has 0 aromatic heterocycles. The molecule has 0 radical (unpaired) electrons. The van der Waals surface area contributed by atoms with Gasteiger partial charge < -0.3 is 10.2 Å². The van der Waals surface area contributed by atoms with E-state index >= 15 is 0 Å². The number of carbonyl (C=O) groups is 2. The van der Waals surface area contributed by atoms with Gasteiger partial charge in [0.25, 0.3) is 0 Å². The maximum absolute atomic E-state index is 13.5. The summed E-state index contributed by atoms with van der Waals surface area (Å²) in [5.74, 6) is 0.770. The molecule has 0 heterocycles. The van der Waals surface area contributed by atoms with Crippen molar-refractivity contribution in [3.63, 3.8) is 0 Å². The fraction of sp³-hybridized carbons (Fsp3) is 0.259. The van der Waals surface area contributed by atoms with Crippen LogP contribution in [0.4, 0.5) is 0 Å².